The van der Waals surface area contributed by atoms with Crippen LogP contribution in [0, 0.1) is 0 Å². The number of benzene rings is 2. The molecule has 2 rings (SSSR count). The molecule has 2 aromatic carbocycles. The number of carboxylic acids is 1. The van der Waals surface area contributed by atoms with E-state index in [4.69, 9.17) is 5.11 Å². The highest BCUT2D eigenvalue weighted by atomic mass is 16.4. The molecule has 0 radical (unpaired) electrons. The summed E-state index contributed by atoms with van der Waals surface area (Å²) in [6.07, 6.45) is 0. The molecule has 4 nitrogen and oxygen atoms in total. The molecule has 4 heteroatoms. The van der Waals surface area contributed by atoms with E-state index in [1.165, 1.54) is 0 Å². The van der Waals surface area contributed by atoms with Crippen LogP contribution >= 0.6 is 0 Å². The van der Waals surface area contributed by atoms with E-state index in [-0.39, 0.29) is 17.4 Å². The first-order valence-corrected chi connectivity index (χ1v) is 5.95. The minimum Gasteiger partial charge on any atom is -0.508 e. The molecule has 0 bridgehead atoms. The Balaban J connectivity index is 2.10. The van der Waals surface area contributed by atoms with E-state index in [0.717, 1.165) is 11.3 Å². The van der Waals surface area contributed by atoms with Crippen molar-refractivity contribution in [2.24, 2.45) is 0 Å². The van der Waals surface area contributed by atoms with E-state index < -0.39 is 5.97 Å². The van der Waals surface area contributed by atoms with Gasteiger partial charge in [-0.05, 0) is 48.9 Å². The molecule has 98 valence electrons. The van der Waals surface area contributed by atoms with Crippen LogP contribution in [0.2, 0.25) is 0 Å². The van der Waals surface area contributed by atoms with E-state index in [1.807, 2.05) is 13.0 Å². The molecule has 0 amide bonds. The summed E-state index contributed by atoms with van der Waals surface area (Å²) in [6, 6.07) is 13.6. The lowest BCUT2D eigenvalue weighted by atomic mass is 10.1. The molecule has 0 aliphatic heterocycles. The van der Waals surface area contributed by atoms with Crippen LogP contribution in [-0.4, -0.2) is 16.2 Å². The van der Waals surface area contributed by atoms with Crippen molar-refractivity contribution in [3.8, 4) is 5.75 Å². The summed E-state index contributed by atoms with van der Waals surface area (Å²) in [6.45, 7) is 1.97. The standard InChI is InChI=1S/C15H15NO3/c1-10(12-3-2-4-14(17)9-12)16-13-7-5-11(6-8-13)15(18)19/h2-10,16-17H,1H3,(H,18,19). The predicted molar refractivity (Wildman–Crippen MR) is 73.5 cm³/mol. The van der Waals surface area contributed by atoms with Crippen LogP contribution in [0.3, 0.4) is 0 Å². The van der Waals surface area contributed by atoms with Gasteiger partial charge in [-0.15, -0.1) is 0 Å². The van der Waals surface area contributed by atoms with E-state index >= 15 is 0 Å². The first-order chi connectivity index (χ1) is 9.06. The third-order valence-corrected chi connectivity index (χ3v) is 2.89. The molecule has 0 heterocycles. The second-order valence-corrected chi connectivity index (χ2v) is 4.34. The van der Waals surface area contributed by atoms with Crippen molar-refractivity contribution in [2.75, 3.05) is 5.32 Å². The van der Waals surface area contributed by atoms with Gasteiger partial charge in [-0.25, -0.2) is 4.79 Å². The average Bonchev–Trinajstić information content (AvgIpc) is 2.39. The Hall–Kier alpha value is -2.49. The summed E-state index contributed by atoms with van der Waals surface area (Å²) in [7, 11) is 0. The van der Waals surface area contributed by atoms with E-state index in [9.17, 15) is 9.90 Å². The highest BCUT2D eigenvalue weighted by Gasteiger charge is 2.07. The fraction of sp³-hybridized carbons (Fsp3) is 0.133. The lowest BCUT2D eigenvalue weighted by Gasteiger charge is -2.16. The van der Waals surface area contributed by atoms with E-state index in [0.29, 0.717) is 0 Å². The highest BCUT2D eigenvalue weighted by Crippen LogP contribution is 2.22. The van der Waals surface area contributed by atoms with Crippen molar-refractivity contribution in [3.63, 3.8) is 0 Å². The highest BCUT2D eigenvalue weighted by molar-refractivity contribution is 5.88. The lowest BCUT2D eigenvalue weighted by molar-refractivity contribution is 0.0697. The van der Waals surface area contributed by atoms with Crippen molar-refractivity contribution < 1.29 is 15.0 Å². The largest absolute Gasteiger partial charge is 0.508 e. The Morgan fingerprint density at radius 1 is 1.16 bits per heavy atom. The number of anilines is 1. The van der Waals surface area contributed by atoms with Gasteiger partial charge in [0, 0.05) is 11.7 Å². The number of carbonyl (C=O) groups is 1. The van der Waals surface area contributed by atoms with Crippen LogP contribution in [-0.2, 0) is 0 Å². The number of rotatable bonds is 4. The van der Waals surface area contributed by atoms with Gasteiger partial charge >= 0.3 is 5.97 Å². The zero-order chi connectivity index (χ0) is 13.8. The first kappa shape index (κ1) is 13.0. The van der Waals surface area contributed by atoms with Crippen molar-refractivity contribution in [3.05, 3.63) is 59.7 Å². The molecule has 3 N–H and O–H groups in total. The number of nitrogens with one attached hydrogen (secondary N) is 1. The van der Waals surface area contributed by atoms with E-state index in [2.05, 4.69) is 5.32 Å². The van der Waals surface area contributed by atoms with Gasteiger partial charge in [-0.3, -0.25) is 0 Å². The first-order valence-electron chi connectivity index (χ1n) is 5.95. The molecule has 0 fully saturated rings. The monoisotopic (exact) mass is 257 g/mol. The van der Waals surface area contributed by atoms with Crippen LogP contribution in [0.15, 0.2) is 48.5 Å². The number of phenols is 1. The van der Waals surface area contributed by atoms with Crippen LogP contribution in [0.4, 0.5) is 5.69 Å². The molecule has 1 unspecified atom stereocenters. The van der Waals surface area contributed by atoms with Crippen LogP contribution in [0.5, 0.6) is 5.75 Å². The SMILES string of the molecule is CC(Nc1ccc(C(=O)O)cc1)c1cccc(O)c1. The number of aromatic carboxylic acids is 1. The van der Waals surface area contributed by atoms with Crippen molar-refractivity contribution in [2.45, 2.75) is 13.0 Å². The second-order valence-electron chi connectivity index (χ2n) is 4.34. The molecule has 19 heavy (non-hydrogen) atoms. The van der Waals surface area contributed by atoms with Gasteiger partial charge in [0.1, 0.15) is 5.75 Å². The smallest absolute Gasteiger partial charge is 0.335 e. The Morgan fingerprint density at radius 3 is 2.42 bits per heavy atom. The summed E-state index contributed by atoms with van der Waals surface area (Å²) in [5.74, 6) is -0.708. The van der Waals surface area contributed by atoms with Gasteiger partial charge in [-0.2, -0.15) is 0 Å². The maximum absolute atomic E-state index is 10.7. The molecular weight excluding hydrogens is 242 g/mol. The Morgan fingerprint density at radius 2 is 1.84 bits per heavy atom. The Labute approximate surface area is 111 Å². The topological polar surface area (TPSA) is 69.6 Å². The van der Waals surface area contributed by atoms with Gasteiger partial charge in [0.15, 0.2) is 0 Å². The fourth-order valence-electron chi connectivity index (χ4n) is 1.84. The van der Waals surface area contributed by atoms with Gasteiger partial charge in [0.25, 0.3) is 0 Å². The number of hydrogen-bond donors (Lipinski definition) is 3. The van der Waals surface area contributed by atoms with Crippen LogP contribution < -0.4 is 5.32 Å². The fourth-order valence-corrected chi connectivity index (χ4v) is 1.84. The molecule has 0 saturated heterocycles. The second kappa shape index (κ2) is 5.44. The van der Waals surface area contributed by atoms with E-state index in [1.54, 1.807) is 42.5 Å². The summed E-state index contributed by atoms with van der Waals surface area (Å²) >= 11 is 0. The molecule has 0 spiro atoms. The summed E-state index contributed by atoms with van der Waals surface area (Å²) < 4.78 is 0. The van der Waals surface area contributed by atoms with Crippen LogP contribution in [0.1, 0.15) is 28.9 Å². The molecular formula is C15H15NO3. The number of hydrogen-bond acceptors (Lipinski definition) is 3. The Bertz CT molecular complexity index is 578. The lowest BCUT2D eigenvalue weighted by Crippen LogP contribution is -2.06. The number of aromatic hydroxyl groups is 1. The third-order valence-electron chi connectivity index (χ3n) is 2.89. The summed E-state index contributed by atoms with van der Waals surface area (Å²) in [5, 5.41) is 21.5. The summed E-state index contributed by atoms with van der Waals surface area (Å²) in [5.41, 5.74) is 2.05. The maximum atomic E-state index is 10.7. The van der Waals surface area contributed by atoms with Crippen molar-refractivity contribution in [1.82, 2.24) is 0 Å². The van der Waals surface area contributed by atoms with Gasteiger partial charge < -0.3 is 15.5 Å². The minimum absolute atomic E-state index is 0.0165. The zero-order valence-electron chi connectivity index (χ0n) is 10.5. The molecule has 2 aromatic rings. The average molecular weight is 257 g/mol. The summed E-state index contributed by atoms with van der Waals surface area (Å²) in [4.78, 5) is 10.7. The van der Waals surface area contributed by atoms with Gasteiger partial charge in [0.05, 0.1) is 5.56 Å². The molecule has 0 saturated carbocycles. The Kier molecular flexibility index (Phi) is 3.71. The van der Waals surface area contributed by atoms with Crippen LogP contribution in [0.25, 0.3) is 0 Å². The zero-order valence-corrected chi connectivity index (χ0v) is 10.5. The number of carboxylic acid groups (broad SMARTS) is 1. The molecule has 1 atom stereocenters. The van der Waals surface area contributed by atoms with Crippen molar-refractivity contribution >= 4 is 11.7 Å². The molecule has 0 aromatic heterocycles. The quantitative estimate of drug-likeness (QED) is 0.786. The van der Waals surface area contributed by atoms with Gasteiger partial charge in [-0.1, -0.05) is 12.1 Å². The molecule has 0 aliphatic rings. The normalized spacial score (nSPS) is 11.8. The minimum atomic E-state index is -0.937. The third kappa shape index (κ3) is 3.25. The number of phenolic OH excluding ortho intramolecular Hbond substituents is 1. The predicted octanol–water partition coefficient (Wildman–Crippen LogP) is 3.26. The maximum Gasteiger partial charge on any atom is 0.335 e. The van der Waals surface area contributed by atoms with Crippen molar-refractivity contribution in [1.29, 1.82) is 0 Å². The molecule has 0 aliphatic carbocycles. The van der Waals surface area contributed by atoms with Gasteiger partial charge in [0.2, 0.25) is 0 Å².